The maximum atomic E-state index is 14.5. The van der Waals surface area contributed by atoms with Crippen molar-refractivity contribution in [1.29, 1.82) is 0 Å². The van der Waals surface area contributed by atoms with Crippen molar-refractivity contribution in [2.75, 3.05) is 19.8 Å². The summed E-state index contributed by atoms with van der Waals surface area (Å²) >= 11 is 0. The van der Waals surface area contributed by atoms with Crippen LogP contribution in [0, 0.1) is 0 Å². The molecule has 0 amide bonds. The monoisotopic (exact) mass is 749 g/mol. The maximum Gasteiger partial charge on any atom is 0.417 e. The van der Waals surface area contributed by atoms with Crippen molar-refractivity contribution < 1.29 is 66.3 Å². The van der Waals surface area contributed by atoms with Gasteiger partial charge < -0.3 is 18.0 Å². The summed E-state index contributed by atoms with van der Waals surface area (Å²) < 4.78 is 177. The Balaban J connectivity index is 1.77. The van der Waals surface area contributed by atoms with Crippen molar-refractivity contribution in [1.82, 2.24) is 0 Å². The first-order valence-electron chi connectivity index (χ1n) is 15.8. The number of ether oxygens (including phenoxy) is 1. The number of fused-ring (bicyclic) bond motifs is 1. The largest absolute Gasteiger partial charge is 0.493 e. The van der Waals surface area contributed by atoms with E-state index < -0.39 is 87.0 Å². The van der Waals surface area contributed by atoms with Crippen LogP contribution in [0.2, 0.25) is 6.04 Å². The Hall–Kier alpha value is -3.18. The second-order valence-corrected chi connectivity index (χ2v) is 13.2. The first kappa shape index (κ1) is 41.2. The molecule has 2 aromatic carbocycles. The van der Waals surface area contributed by atoms with E-state index in [2.05, 4.69) is 0 Å². The number of unbranched alkanes of at least 4 members (excludes halogenated alkanes) is 2. The zero-order chi connectivity index (χ0) is 37.5. The Labute approximate surface area is 282 Å². The van der Waals surface area contributed by atoms with Crippen molar-refractivity contribution in [3.8, 4) is 16.9 Å². The number of benzene rings is 2. The number of hydrogen-bond donors (Lipinski definition) is 0. The lowest BCUT2D eigenvalue weighted by Crippen LogP contribution is -2.62. The summed E-state index contributed by atoms with van der Waals surface area (Å²) in [5.41, 5.74) is -2.97. The summed E-state index contributed by atoms with van der Waals surface area (Å²) in [6.45, 7) is 3.43. The summed E-state index contributed by atoms with van der Waals surface area (Å²) in [6, 6.07) is 7.01. The minimum atomic E-state index is -6.51. The highest BCUT2D eigenvalue weighted by molar-refractivity contribution is 6.44. The van der Waals surface area contributed by atoms with Crippen LogP contribution in [0.3, 0.4) is 0 Å². The van der Waals surface area contributed by atoms with Gasteiger partial charge in [-0.25, -0.2) is 4.79 Å². The summed E-state index contributed by atoms with van der Waals surface area (Å²) in [6.07, 6.45) is -6.08. The molecular weight excluding hydrogens is 713 g/mol. The molecule has 0 spiro atoms. The van der Waals surface area contributed by atoms with Gasteiger partial charge in [0.1, 0.15) is 11.3 Å². The van der Waals surface area contributed by atoms with Crippen LogP contribution in [0.1, 0.15) is 64.0 Å². The molecule has 17 heteroatoms. The molecule has 0 aliphatic rings. The van der Waals surface area contributed by atoms with E-state index in [1.807, 2.05) is 6.92 Å². The van der Waals surface area contributed by atoms with Crippen molar-refractivity contribution in [2.24, 2.45) is 0 Å². The van der Waals surface area contributed by atoms with Gasteiger partial charge in [0.15, 0.2) is 0 Å². The molecule has 0 unspecified atom stereocenters. The molecule has 0 aliphatic heterocycles. The number of rotatable bonds is 19. The zero-order valence-corrected chi connectivity index (χ0v) is 28.3. The number of hydrogen-bond acceptors (Lipinski definition) is 5. The molecule has 1 aromatic heterocycles. The van der Waals surface area contributed by atoms with E-state index in [0.717, 1.165) is 43.2 Å². The number of alkyl halides is 11. The fourth-order valence-corrected chi connectivity index (χ4v) is 6.54. The van der Waals surface area contributed by atoms with Crippen LogP contribution in [-0.4, -0.2) is 52.8 Å². The van der Waals surface area contributed by atoms with E-state index in [-0.39, 0.29) is 29.9 Å². The van der Waals surface area contributed by atoms with Gasteiger partial charge in [0, 0.05) is 36.7 Å². The molecule has 0 atom stereocenters. The van der Waals surface area contributed by atoms with Crippen LogP contribution in [0.4, 0.5) is 48.3 Å². The fourth-order valence-electron chi connectivity index (χ4n) is 5.00. The summed E-state index contributed by atoms with van der Waals surface area (Å²) in [5.74, 6) is -24.6. The van der Waals surface area contributed by atoms with Gasteiger partial charge in [0.2, 0.25) is 0 Å². The summed E-state index contributed by atoms with van der Waals surface area (Å²) in [7, 11) is -2.55. The van der Waals surface area contributed by atoms with Gasteiger partial charge in [0.25, 0.3) is 0 Å². The predicted octanol–water partition coefficient (Wildman–Crippen LogP) is 10.5. The fraction of sp³-hybridized carbons (Fsp3) is 0.545. The minimum absolute atomic E-state index is 0.0363. The Morgan fingerprint density at radius 1 is 0.720 bits per heavy atom. The molecule has 3 aromatic rings. The first-order valence-corrected chi connectivity index (χ1v) is 17.3. The van der Waals surface area contributed by atoms with E-state index in [0.29, 0.717) is 18.4 Å². The van der Waals surface area contributed by atoms with Gasteiger partial charge in [-0.1, -0.05) is 31.9 Å². The standard InChI is InChI=1S/C33H36F11O5Si/c1-4-7-8-9-21-10-13-24(26(18-21)31(38,39)40)25-19-22-11-12-23(20-27(22)49-28(25)45)46-16-14-29(34,35)32(41,42)33(43,44)30(36,37)15-17-50(47-5-2)48-6-3/h10-13,18-20H,4-9,14-17H2,1-3H3. The van der Waals surface area contributed by atoms with E-state index in [9.17, 15) is 53.1 Å². The minimum Gasteiger partial charge on any atom is -0.493 e. The predicted molar refractivity (Wildman–Crippen MR) is 164 cm³/mol. The van der Waals surface area contributed by atoms with Gasteiger partial charge in [0.05, 0.1) is 24.2 Å². The van der Waals surface area contributed by atoms with Crippen LogP contribution in [0.25, 0.3) is 22.1 Å². The second kappa shape index (κ2) is 16.4. The molecule has 0 bridgehead atoms. The normalized spacial score (nSPS) is 13.4. The average Bonchev–Trinajstić information content (AvgIpc) is 3.03. The summed E-state index contributed by atoms with van der Waals surface area (Å²) in [5, 5.41) is 0.0731. The third-order valence-electron chi connectivity index (χ3n) is 7.71. The smallest absolute Gasteiger partial charge is 0.417 e. The van der Waals surface area contributed by atoms with Gasteiger partial charge >= 0.3 is 44.8 Å². The average molecular weight is 750 g/mol. The van der Waals surface area contributed by atoms with Crippen LogP contribution in [-0.2, 0) is 21.4 Å². The SMILES string of the molecule is CCCCCc1ccc(-c2cc3ccc(OCCC(F)(F)C(F)(F)C(F)(F)C(F)(F)CC[Si](OCC)OCC)cc3oc2=O)c(C(F)(F)F)c1. The molecule has 0 saturated heterocycles. The Bertz CT molecular complexity index is 1620. The molecule has 0 fully saturated rings. The molecule has 3 rings (SSSR count). The lowest BCUT2D eigenvalue weighted by molar-refractivity contribution is -0.367. The van der Waals surface area contributed by atoms with Crippen molar-refractivity contribution >= 4 is 20.3 Å². The van der Waals surface area contributed by atoms with Gasteiger partial charge in [-0.15, -0.1) is 0 Å². The van der Waals surface area contributed by atoms with Crippen molar-refractivity contribution in [3.05, 3.63) is 64.0 Å². The van der Waals surface area contributed by atoms with Gasteiger partial charge in [-0.3, -0.25) is 0 Å². The second-order valence-electron chi connectivity index (χ2n) is 11.4. The summed E-state index contributed by atoms with van der Waals surface area (Å²) in [4.78, 5) is 12.8. The molecule has 5 nitrogen and oxygen atoms in total. The molecular formula is C33H36F11O5Si. The van der Waals surface area contributed by atoms with Crippen molar-refractivity contribution in [2.45, 2.75) is 95.2 Å². The lowest BCUT2D eigenvalue weighted by atomic mass is 9.95. The van der Waals surface area contributed by atoms with E-state index in [1.54, 1.807) is 0 Å². The van der Waals surface area contributed by atoms with Crippen LogP contribution in [0.15, 0.2) is 51.7 Å². The lowest BCUT2D eigenvalue weighted by Gasteiger charge is -2.37. The van der Waals surface area contributed by atoms with Crippen LogP contribution < -0.4 is 10.4 Å². The Morgan fingerprint density at radius 3 is 1.92 bits per heavy atom. The van der Waals surface area contributed by atoms with E-state index in [4.69, 9.17) is 18.0 Å². The van der Waals surface area contributed by atoms with Crippen molar-refractivity contribution in [3.63, 3.8) is 0 Å². The number of halogens is 11. The van der Waals surface area contributed by atoms with Gasteiger partial charge in [-0.2, -0.15) is 48.3 Å². The molecule has 0 aliphatic carbocycles. The highest BCUT2D eigenvalue weighted by Gasteiger charge is 2.79. The zero-order valence-electron chi connectivity index (χ0n) is 27.3. The molecule has 0 saturated carbocycles. The van der Waals surface area contributed by atoms with Crippen LogP contribution in [0.5, 0.6) is 5.75 Å². The Morgan fingerprint density at radius 2 is 1.34 bits per heavy atom. The highest BCUT2D eigenvalue weighted by atomic mass is 28.3. The van der Waals surface area contributed by atoms with Gasteiger partial charge in [-0.05, 0) is 62.6 Å². The van der Waals surface area contributed by atoms with Crippen LogP contribution >= 0.6 is 0 Å². The molecule has 0 N–H and O–H groups in total. The molecule has 279 valence electrons. The Kier molecular flexibility index (Phi) is 13.6. The highest BCUT2D eigenvalue weighted by Crippen LogP contribution is 2.55. The molecule has 50 heavy (non-hydrogen) atoms. The topological polar surface area (TPSA) is 57.9 Å². The first-order chi connectivity index (χ1) is 23.2. The van der Waals surface area contributed by atoms with E-state index in [1.165, 1.54) is 26.0 Å². The third kappa shape index (κ3) is 9.37. The van der Waals surface area contributed by atoms with E-state index >= 15 is 0 Å². The number of aryl methyl sites for hydroxylation is 1. The molecule has 1 heterocycles. The maximum absolute atomic E-state index is 14.5. The molecule has 1 radical (unpaired) electrons. The third-order valence-corrected chi connectivity index (χ3v) is 9.59. The quantitative estimate of drug-likeness (QED) is 0.0529.